The molecule has 1 atom stereocenters. The molecule has 0 aromatic carbocycles. The maximum atomic E-state index is 10.5. The lowest BCUT2D eigenvalue weighted by Crippen LogP contribution is -2.43. The third-order valence-corrected chi connectivity index (χ3v) is 1.91. The van der Waals surface area contributed by atoms with Crippen molar-refractivity contribution in [2.24, 2.45) is 10.9 Å². The molecule has 0 rings (SSSR count). The first kappa shape index (κ1) is 10.8. The van der Waals surface area contributed by atoms with Gasteiger partial charge < -0.3 is 5.73 Å². The Kier molecular flexibility index (Phi) is 4.58. The molecule has 0 amide bonds. The van der Waals surface area contributed by atoms with Gasteiger partial charge in [-0.05, 0) is 6.42 Å². The fraction of sp³-hybridized carbons (Fsp3) is 1.00. The summed E-state index contributed by atoms with van der Waals surface area (Å²) < 4.78 is 23.2. The Labute approximate surface area is 67.3 Å². The summed E-state index contributed by atoms with van der Waals surface area (Å²) in [6.07, 6.45) is 1.59. The van der Waals surface area contributed by atoms with E-state index in [1.54, 1.807) is 0 Å². The molecule has 0 spiro atoms. The van der Waals surface area contributed by atoms with Crippen molar-refractivity contribution in [2.45, 2.75) is 25.8 Å². The first-order chi connectivity index (χ1) is 4.99. The van der Waals surface area contributed by atoms with Gasteiger partial charge in [-0.15, -0.1) is 0 Å². The maximum Gasteiger partial charge on any atom is 0.274 e. The van der Waals surface area contributed by atoms with Crippen LogP contribution in [0.3, 0.4) is 0 Å². The second-order valence-corrected chi connectivity index (χ2v) is 3.71. The minimum absolute atomic E-state index is 0.227. The van der Waals surface area contributed by atoms with Crippen LogP contribution in [0.5, 0.6) is 0 Å². The van der Waals surface area contributed by atoms with E-state index in [1.807, 2.05) is 6.92 Å². The number of hydrogen-bond donors (Lipinski definition) is 3. The smallest absolute Gasteiger partial charge is 0.274 e. The molecule has 0 aliphatic heterocycles. The fourth-order valence-electron chi connectivity index (χ4n) is 0.806. The monoisotopic (exact) mass is 181 g/mol. The SMILES string of the molecule is CCCC(CN)NS(N)(=O)=O. The summed E-state index contributed by atoms with van der Waals surface area (Å²) in [7, 11) is -3.59. The molecule has 5 nitrogen and oxygen atoms in total. The van der Waals surface area contributed by atoms with Crippen LogP contribution in [0.15, 0.2) is 0 Å². The predicted octanol–water partition coefficient (Wildman–Crippen LogP) is -1.09. The lowest BCUT2D eigenvalue weighted by atomic mass is 10.2. The van der Waals surface area contributed by atoms with E-state index in [-0.39, 0.29) is 12.6 Å². The first-order valence-corrected chi connectivity index (χ1v) is 5.04. The molecule has 0 saturated carbocycles. The van der Waals surface area contributed by atoms with Crippen molar-refractivity contribution in [3.63, 3.8) is 0 Å². The van der Waals surface area contributed by atoms with Crippen LogP contribution in [-0.2, 0) is 10.2 Å². The van der Waals surface area contributed by atoms with Crippen molar-refractivity contribution in [3.05, 3.63) is 0 Å². The van der Waals surface area contributed by atoms with Crippen molar-refractivity contribution in [3.8, 4) is 0 Å². The molecular formula is C5H15N3O2S. The van der Waals surface area contributed by atoms with Crippen LogP contribution in [0.25, 0.3) is 0 Å². The van der Waals surface area contributed by atoms with Gasteiger partial charge in [-0.2, -0.15) is 13.1 Å². The Balaban J connectivity index is 3.88. The Hall–Kier alpha value is -0.170. The summed E-state index contributed by atoms with van der Waals surface area (Å²) in [6.45, 7) is 2.23. The summed E-state index contributed by atoms with van der Waals surface area (Å²) in [6, 6.07) is -0.227. The third kappa shape index (κ3) is 6.24. The minimum Gasteiger partial charge on any atom is -0.329 e. The Morgan fingerprint density at radius 3 is 2.36 bits per heavy atom. The minimum atomic E-state index is -3.59. The Bertz CT molecular complexity index is 190. The number of nitrogens with two attached hydrogens (primary N) is 2. The molecule has 5 N–H and O–H groups in total. The molecular weight excluding hydrogens is 166 g/mol. The van der Waals surface area contributed by atoms with Gasteiger partial charge in [-0.1, -0.05) is 13.3 Å². The van der Waals surface area contributed by atoms with Gasteiger partial charge in [0.25, 0.3) is 10.2 Å². The van der Waals surface area contributed by atoms with Gasteiger partial charge in [0.2, 0.25) is 0 Å². The molecule has 0 aliphatic carbocycles. The molecule has 0 aromatic heterocycles. The number of rotatable bonds is 5. The second kappa shape index (κ2) is 4.66. The van der Waals surface area contributed by atoms with Gasteiger partial charge in [0.15, 0.2) is 0 Å². The van der Waals surface area contributed by atoms with Crippen molar-refractivity contribution < 1.29 is 8.42 Å². The van der Waals surface area contributed by atoms with Crippen LogP contribution in [-0.4, -0.2) is 21.0 Å². The Morgan fingerprint density at radius 1 is 1.55 bits per heavy atom. The summed E-state index contributed by atoms with van der Waals surface area (Å²) in [5.41, 5.74) is 5.28. The molecule has 6 heteroatoms. The average Bonchev–Trinajstić information content (AvgIpc) is 1.84. The summed E-state index contributed by atoms with van der Waals surface area (Å²) in [5.74, 6) is 0. The third-order valence-electron chi connectivity index (χ3n) is 1.25. The summed E-state index contributed by atoms with van der Waals surface area (Å²) >= 11 is 0. The highest BCUT2D eigenvalue weighted by Gasteiger charge is 2.10. The van der Waals surface area contributed by atoms with Gasteiger partial charge >= 0.3 is 0 Å². The topological polar surface area (TPSA) is 98.2 Å². The van der Waals surface area contributed by atoms with Gasteiger partial charge in [0, 0.05) is 12.6 Å². The van der Waals surface area contributed by atoms with E-state index in [2.05, 4.69) is 4.72 Å². The highest BCUT2D eigenvalue weighted by molar-refractivity contribution is 7.87. The zero-order chi connectivity index (χ0) is 8.91. The van der Waals surface area contributed by atoms with Gasteiger partial charge in [-0.3, -0.25) is 0 Å². The molecule has 0 bridgehead atoms. The van der Waals surface area contributed by atoms with Crippen molar-refractivity contribution >= 4 is 10.2 Å². The second-order valence-electron chi connectivity index (χ2n) is 2.38. The molecule has 11 heavy (non-hydrogen) atoms. The average molecular weight is 181 g/mol. The molecule has 0 saturated heterocycles. The van der Waals surface area contributed by atoms with Crippen molar-refractivity contribution in [2.75, 3.05) is 6.54 Å². The zero-order valence-corrected chi connectivity index (χ0v) is 7.39. The van der Waals surface area contributed by atoms with E-state index in [1.165, 1.54) is 0 Å². The standard InChI is InChI=1S/C5H15N3O2S/c1-2-3-5(4-6)8-11(7,9)10/h5,8H,2-4,6H2,1H3,(H2,7,9,10). The Morgan fingerprint density at radius 2 is 2.09 bits per heavy atom. The molecule has 0 radical (unpaired) electrons. The van der Waals surface area contributed by atoms with E-state index in [4.69, 9.17) is 10.9 Å². The van der Waals surface area contributed by atoms with Crippen molar-refractivity contribution in [1.82, 2.24) is 4.72 Å². The maximum absolute atomic E-state index is 10.5. The quantitative estimate of drug-likeness (QED) is 0.502. The molecule has 1 unspecified atom stereocenters. The number of hydrogen-bond acceptors (Lipinski definition) is 3. The van der Waals surface area contributed by atoms with Crippen molar-refractivity contribution in [1.29, 1.82) is 0 Å². The van der Waals surface area contributed by atoms with Gasteiger partial charge in [-0.25, -0.2) is 5.14 Å². The predicted molar refractivity (Wildman–Crippen MR) is 44.0 cm³/mol. The lowest BCUT2D eigenvalue weighted by Gasteiger charge is -2.12. The van der Waals surface area contributed by atoms with Gasteiger partial charge in [0.05, 0.1) is 0 Å². The molecule has 0 aromatic rings. The first-order valence-electron chi connectivity index (χ1n) is 3.49. The van der Waals surface area contributed by atoms with Crippen LogP contribution in [0.1, 0.15) is 19.8 Å². The highest BCUT2D eigenvalue weighted by atomic mass is 32.2. The fourth-order valence-corrected chi connectivity index (χ4v) is 1.48. The van der Waals surface area contributed by atoms with E-state index in [0.29, 0.717) is 6.42 Å². The zero-order valence-electron chi connectivity index (χ0n) is 6.58. The lowest BCUT2D eigenvalue weighted by molar-refractivity contribution is 0.528. The van der Waals surface area contributed by atoms with Crippen LogP contribution in [0.2, 0.25) is 0 Å². The molecule has 0 fully saturated rings. The van der Waals surface area contributed by atoms with E-state index in [9.17, 15) is 8.42 Å². The van der Waals surface area contributed by atoms with Crippen LogP contribution in [0.4, 0.5) is 0 Å². The molecule has 68 valence electrons. The highest BCUT2D eigenvalue weighted by Crippen LogP contribution is 1.94. The van der Waals surface area contributed by atoms with Crippen LogP contribution < -0.4 is 15.6 Å². The molecule has 0 heterocycles. The summed E-state index contributed by atoms with van der Waals surface area (Å²) in [4.78, 5) is 0. The van der Waals surface area contributed by atoms with Crippen LogP contribution >= 0.6 is 0 Å². The van der Waals surface area contributed by atoms with E-state index >= 15 is 0 Å². The largest absolute Gasteiger partial charge is 0.329 e. The molecule has 0 aliphatic rings. The van der Waals surface area contributed by atoms with Gasteiger partial charge in [0.1, 0.15) is 0 Å². The van der Waals surface area contributed by atoms with E-state index in [0.717, 1.165) is 6.42 Å². The number of nitrogens with one attached hydrogen (secondary N) is 1. The van der Waals surface area contributed by atoms with Crippen LogP contribution in [0, 0.1) is 0 Å². The summed E-state index contributed by atoms with van der Waals surface area (Å²) in [5, 5.41) is 4.75. The van der Waals surface area contributed by atoms with E-state index < -0.39 is 10.2 Å². The normalized spacial score (nSPS) is 14.8.